The molecule has 0 bridgehead atoms. The Labute approximate surface area is 110 Å². The molecular weight excluding hydrogens is 258 g/mol. The maximum Gasteiger partial charge on any atom is 0.332 e. The van der Waals surface area contributed by atoms with Gasteiger partial charge in [0.15, 0.2) is 6.10 Å². The van der Waals surface area contributed by atoms with Crippen LogP contribution in [-0.2, 0) is 14.4 Å². The Bertz CT molecular complexity index is 327. The van der Waals surface area contributed by atoms with Crippen molar-refractivity contribution in [2.24, 2.45) is 11.1 Å². The fourth-order valence-corrected chi connectivity index (χ4v) is 0.792. The van der Waals surface area contributed by atoms with Crippen LogP contribution in [0.3, 0.4) is 0 Å². The lowest BCUT2D eigenvalue weighted by molar-refractivity contribution is -0.148. The molecule has 0 aromatic carbocycles. The van der Waals surface area contributed by atoms with E-state index in [1.807, 2.05) is 0 Å². The third-order valence-corrected chi connectivity index (χ3v) is 2.28. The molecule has 6 N–H and O–H groups in total. The minimum absolute atomic E-state index is 0.222. The molecule has 2 atom stereocenters. The van der Waals surface area contributed by atoms with E-state index in [1.54, 1.807) is 13.8 Å². The van der Waals surface area contributed by atoms with Gasteiger partial charge in [0.05, 0.1) is 6.61 Å². The van der Waals surface area contributed by atoms with E-state index in [9.17, 15) is 14.4 Å². The summed E-state index contributed by atoms with van der Waals surface area (Å²) in [4.78, 5) is 30.2. The number of aliphatic carboxylic acids is 2. The molecule has 0 aromatic rings. The number of aliphatic hydroxyl groups excluding tert-OH is 2. The summed E-state index contributed by atoms with van der Waals surface area (Å²) in [7, 11) is 0. The third kappa shape index (κ3) is 9.11. The summed E-state index contributed by atoms with van der Waals surface area (Å²) in [6.07, 6.45) is -1.85. The molecule has 112 valence electrons. The largest absolute Gasteiger partial charge is 0.480 e. The van der Waals surface area contributed by atoms with Crippen molar-refractivity contribution in [3.63, 3.8) is 0 Å². The molecule has 0 aromatic heterocycles. The van der Waals surface area contributed by atoms with Gasteiger partial charge in [0.1, 0.15) is 11.8 Å². The van der Waals surface area contributed by atoms with Crippen LogP contribution in [0.4, 0.5) is 0 Å². The van der Waals surface area contributed by atoms with Crippen molar-refractivity contribution in [2.45, 2.75) is 39.3 Å². The lowest BCUT2D eigenvalue weighted by Crippen LogP contribution is -2.45. The molecule has 0 aliphatic heterocycles. The first-order valence-corrected chi connectivity index (χ1v) is 5.45. The number of hydrogen-bond acceptors (Lipinski definition) is 6. The van der Waals surface area contributed by atoms with E-state index < -0.39 is 29.5 Å². The number of carboxylic acids is 2. The van der Waals surface area contributed by atoms with E-state index in [2.05, 4.69) is 0 Å². The third-order valence-electron chi connectivity index (χ3n) is 2.28. The van der Waals surface area contributed by atoms with E-state index in [-0.39, 0.29) is 18.8 Å². The monoisotopic (exact) mass is 279 g/mol. The van der Waals surface area contributed by atoms with Crippen LogP contribution in [0.5, 0.6) is 0 Å². The standard InChI is InChI=1S/C6H13NO3.C5H8O4/c1-6(2,3-8)4(7)5(9)10;1-3(6)2-4(7)5(8)9/h4,8H,3,7H2,1-2H3,(H,9,10);4,7H,2H2,1H3,(H,8,9). The number of carboxylic acid groups (broad SMARTS) is 2. The maximum atomic E-state index is 10.3. The highest BCUT2D eigenvalue weighted by Crippen LogP contribution is 2.17. The van der Waals surface area contributed by atoms with E-state index in [0.29, 0.717) is 0 Å². The quantitative estimate of drug-likeness (QED) is 0.406. The number of Topliss-reactive ketones (excluding diaryl/α,β-unsaturated/α-hetero) is 1. The maximum absolute atomic E-state index is 10.3. The second-order valence-corrected chi connectivity index (χ2v) is 4.72. The lowest BCUT2D eigenvalue weighted by Gasteiger charge is -2.25. The van der Waals surface area contributed by atoms with Crippen LogP contribution in [0.25, 0.3) is 0 Å². The SMILES string of the molecule is CC(=O)CC(O)C(=O)O.CC(C)(CO)C(N)C(=O)O. The first-order valence-electron chi connectivity index (χ1n) is 5.45. The molecule has 0 fully saturated rings. The first kappa shape index (κ1) is 19.8. The molecule has 0 spiro atoms. The van der Waals surface area contributed by atoms with Crippen molar-refractivity contribution in [2.75, 3.05) is 6.61 Å². The van der Waals surface area contributed by atoms with Crippen molar-refractivity contribution in [3.8, 4) is 0 Å². The number of aliphatic hydroxyl groups is 2. The van der Waals surface area contributed by atoms with Crippen molar-refractivity contribution >= 4 is 17.7 Å². The number of ketones is 1. The summed E-state index contributed by atoms with van der Waals surface area (Å²) < 4.78 is 0. The fourth-order valence-electron chi connectivity index (χ4n) is 0.792. The first-order chi connectivity index (χ1) is 8.45. The van der Waals surface area contributed by atoms with Crippen LogP contribution in [0.15, 0.2) is 0 Å². The summed E-state index contributed by atoms with van der Waals surface area (Å²) in [5.41, 5.74) is 4.50. The Balaban J connectivity index is 0. The van der Waals surface area contributed by atoms with Gasteiger partial charge in [-0.25, -0.2) is 4.79 Å². The molecule has 0 saturated carbocycles. The molecule has 0 aliphatic rings. The van der Waals surface area contributed by atoms with Crippen molar-refractivity contribution in [3.05, 3.63) is 0 Å². The molecule has 2 unspecified atom stereocenters. The molecule has 0 rings (SSSR count). The molecule has 0 amide bonds. The highest BCUT2D eigenvalue weighted by Gasteiger charge is 2.30. The lowest BCUT2D eigenvalue weighted by atomic mass is 9.86. The van der Waals surface area contributed by atoms with Crippen LogP contribution < -0.4 is 5.73 Å². The summed E-state index contributed by atoms with van der Waals surface area (Å²) in [5.74, 6) is -2.77. The van der Waals surface area contributed by atoms with Gasteiger partial charge in [0, 0.05) is 11.8 Å². The van der Waals surface area contributed by atoms with Gasteiger partial charge in [-0.15, -0.1) is 0 Å². The zero-order chi connectivity index (χ0) is 15.8. The van der Waals surface area contributed by atoms with Crippen LogP contribution in [0.2, 0.25) is 0 Å². The Kier molecular flexibility index (Phi) is 8.94. The Morgan fingerprint density at radius 2 is 1.58 bits per heavy atom. The fraction of sp³-hybridized carbons (Fsp3) is 0.727. The minimum atomic E-state index is -1.54. The highest BCUT2D eigenvalue weighted by molar-refractivity contribution is 5.83. The normalized spacial score (nSPS) is 13.8. The van der Waals surface area contributed by atoms with Crippen LogP contribution in [0.1, 0.15) is 27.2 Å². The average molecular weight is 279 g/mol. The second kappa shape index (κ2) is 8.57. The summed E-state index contributed by atoms with van der Waals surface area (Å²) in [5, 5.41) is 33.6. The smallest absolute Gasteiger partial charge is 0.332 e. The molecule has 0 saturated heterocycles. The molecule has 0 aliphatic carbocycles. The summed E-state index contributed by atoms with van der Waals surface area (Å²) in [6, 6.07) is -1.00. The molecular formula is C11H21NO7. The van der Waals surface area contributed by atoms with Gasteiger partial charge >= 0.3 is 11.9 Å². The Morgan fingerprint density at radius 3 is 1.68 bits per heavy atom. The molecule has 8 nitrogen and oxygen atoms in total. The zero-order valence-electron chi connectivity index (χ0n) is 11.2. The van der Waals surface area contributed by atoms with Gasteiger partial charge in [-0.3, -0.25) is 9.59 Å². The number of carbonyl (C=O) groups is 3. The van der Waals surface area contributed by atoms with E-state index in [4.69, 9.17) is 26.2 Å². The second-order valence-electron chi connectivity index (χ2n) is 4.72. The van der Waals surface area contributed by atoms with Crippen LogP contribution >= 0.6 is 0 Å². The highest BCUT2D eigenvalue weighted by atomic mass is 16.4. The topological polar surface area (TPSA) is 158 Å². The van der Waals surface area contributed by atoms with Gasteiger partial charge in [-0.05, 0) is 6.92 Å². The average Bonchev–Trinajstić information content (AvgIpc) is 2.27. The summed E-state index contributed by atoms with van der Waals surface area (Å²) in [6.45, 7) is 4.21. The van der Waals surface area contributed by atoms with Gasteiger partial charge in [-0.2, -0.15) is 0 Å². The number of rotatable bonds is 6. The van der Waals surface area contributed by atoms with Gasteiger partial charge in [-0.1, -0.05) is 13.8 Å². The van der Waals surface area contributed by atoms with E-state index >= 15 is 0 Å². The number of nitrogens with two attached hydrogens (primary N) is 1. The van der Waals surface area contributed by atoms with Gasteiger partial charge in [0.25, 0.3) is 0 Å². The molecule has 0 heterocycles. The van der Waals surface area contributed by atoms with Crippen LogP contribution in [-0.4, -0.2) is 56.9 Å². The molecule has 0 radical (unpaired) electrons. The number of carbonyl (C=O) groups excluding carboxylic acids is 1. The van der Waals surface area contributed by atoms with Crippen molar-refractivity contribution in [1.29, 1.82) is 0 Å². The van der Waals surface area contributed by atoms with Crippen molar-refractivity contribution in [1.82, 2.24) is 0 Å². The molecule has 19 heavy (non-hydrogen) atoms. The predicted molar refractivity (Wildman–Crippen MR) is 65.4 cm³/mol. The molecule has 8 heteroatoms. The predicted octanol–water partition coefficient (Wildman–Crippen LogP) is -1.17. The van der Waals surface area contributed by atoms with Gasteiger partial charge in [0.2, 0.25) is 0 Å². The van der Waals surface area contributed by atoms with Crippen LogP contribution in [0, 0.1) is 5.41 Å². The van der Waals surface area contributed by atoms with Gasteiger partial charge < -0.3 is 26.2 Å². The Hall–Kier alpha value is -1.51. The Morgan fingerprint density at radius 1 is 1.16 bits per heavy atom. The zero-order valence-corrected chi connectivity index (χ0v) is 11.2. The number of hydrogen-bond donors (Lipinski definition) is 5. The van der Waals surface area contributed by atoms with E-state index in [0.717, 1.165) is 0 Å². The minimum Gasteiger partial charge on any atom is -0.480 e. The summed E-state index contributed by atoms with van der Waals surface area (Å²) >= 11 is 0. The van der Waals surface area contributed by atoms with E-state index in [1.165, 1.54) is 6.92 Å². The van der Waals surface area contributed by atoms with Crippen molar-refractivity contribution < 1.29 is 34.8 Å².